The van der Waals surface area contributed by atoms with Crippen LogP contribution in [0.3, 0.4) is 0 Å². The minimum atomic E-state index is -3.74. The van der Waals surface area contributed by atoms with Gasteiger partial charge in [-0.05, 0) is 46.2 Å². The van der Waals surface area contributed by atoms with Gasteiger partial charge in [-0.15, -0.1) is 0 Å². The number of amides is 1. The fourth-order valence-corrected chi connectivity index (χ4v) is 6.63. The molecule has 1 aliphatic heterocycles. The van der Waals surface area contributed by atoms with E-state index in [1.54, 1.807) is 47.4 Å². The van der Waals surface area contributed by atoms with E-state index in [1.165, 1.54) is 6.26 Å². The van der Waals surface area contributed by atoms with Gasteiger partial charge < -0.3 is 9.32 Å². The number of piperazine rings is 1. The molecule has 1 N–H and O–H groups in total. The number of nitrogens with one attached hydrogen (secondary N) is 1. The number of sulfonamides is 1. The van der Waals surface area contributed by atoms with Crippen LogP contribution in [-0.4, -0.2) is 50.3 Å². The molecule has 0 radical (unpaired) electrons. The first kappa shape index (κ1) is 22.0. The van der Waals surface area contributed by atoms with Gasteiger partial charge in [-0.2, -0.15) is 0 Å². The summed E-state index contributed by atoms with van der Waals surface area (Å²) >= 11 is 0. The van der Waals surface area contributed by atoms with E-state index in [9.17, 15) is 13.2 Å². The molecule has 0 saturated carbocycles. The van der Waals surface area contributed by atoms with Crippen molar-refractivity contribution in [1.29, 1.82) is 0 Å². The lowest BCUT2D eigenvalue weighted by atomic mass is 10.0. The lowest BCUT2D eigenvalue weighted by molar-refractivity contribution is 0.0512. The summed E-state index contributed by atoms with van der Waals surface area (Å²) in [6.45, 7) is 2.34. The molecule has 1 amide bonds. The maximum absolute atomic E-state index is 13.4. The lowest BCUT2D eigenvalue weighted by Crippen LogP contribution is -2.51. The molecule has 0 spiro atoms. The smallest absolute Gasteiger partial charge is 0.289 e. The molecule has 1 aromatic heterocycles. The largest absolute Gasteiger partial charge is 0.459 e. The van der Waals surface area contributed by atoms with Gasteiger partial charge in [-0.1, -0.05) is 54.6 Å². The highest BCUT2D eigenvalue weighted by Crippen LogP contribution is 2.47. The third-order valence-electron chi connectivity index (χ3n) is 7.00. The van der Waals surface area contributed by atoms with Gasteiger partial charge in [-0.3, -0.25) is 9.69 Å². The summed E-state index contributed by atoms with van der Waals surface area (Å²) in [5, 5.41) is 2.20. The van der Waals surface area contributed by atoms with Crippen LogP contribution in [0.25, 0.3) is 10.8 Å². The second kappa shape index (κ2) is 8.64. The maximum atomic E-state index is 13.4. The molecule has 1 aliphatic carbocycles. The highest BCUT2D eigenvalue weighted by Gasteiger charge is 2.41. The number of hydrogen-bond acceptors (Lipinski definition) is 5. The van der Waals surface area contributed by atoms with Crippen LogP contribution in [0.15, 0.2) is 94.4 Å². The molecule has 4 aromatic rings. The van der Waals surface area contributed by atoms with E-state index < -0.39 is 16.1 Å². The van der Waals surface area contributed by atoms with Crippen molar-refractivity contribution < 1.29 is 17.6 Å². The Morgan fingerprint density at radius 3 is 2.23 bits per heavy atom. The van der Waals surface area contributed by atoms with E-state index in [0.29, 0.717) is 31.9 Å². The minimum Gasteiger partial charge on any atom is -0.459 e. The van der Waals surface area contributed by atoms with Crippen molar-refractivity contribution >= 4 is 26.7 Å². The predicted molar refractivity (Wildman–Crippen MR) is 132 cm³/mol. The van der Waals surface area contributed by atoms with Crippen LogP contribution in [0, 0.1) is 0 Å². The highest BCUT2D eigenvalue weighted by molar-refractivity contribution is 7.89. The monoisotopic (exact) mass is 487 g/mol. The van der Waals surface area contributed by atoms with Crippen molar-refractivity contribution in [1.82, 2.24) is 14.5 Å². The van der Waals surface area contributed by atoms with Gasteiger partial charge in [-0.25, -0.2) is 13.1 Å². The van der Waals surface area contributed by atoms with E-state index >= 15 is 0 Å². The molecule has 3 aromatic carbocycles. The quantitative estimate of drug-likeness (QED) is 0.461. The van der Waals surface area contributed by atoms with Crippen molar-refractivity contribution in [2.45, 2.75) is 17.0 Å². The number of nitrogens with zero attached hydrogens (tertiary/aromatic N) is 2. The Balaban J connectivity index is 1.33. The first-order chi connectivity index (χ1) is 17.0. The predicted octanol–water partition coefficient (Wildman–Crippen LogP) is 3.97. The topological polar surface area (TPSA) is 82.9 Å². The van der Waals surface area contributed by atoms with Crippen LogP contribution in [0.2, 0.25) is 0 Å². The van der Waals surface area contributed by atoms with E-state index in [1.807, 2.05) is 18.2 Å². The van der Waals surface area contributed by atoms with Crippen LogP contribution in [0.1, 0.15) is 33.8 Å². The van der Waals surface area contributed by atoms with E-state index in [4.69, 9.17) is 4.42 Å². The van der Waals surface area contributed by atoms with Crippen LogP contribution >= 0.6 is 0 Å². The summed E-state index contributed by atoms with van der Waals surface area (Å²) < 4.78 is 35.0. The Bertz CT molecular complexity index is 1470. The summed E-state index contributed by atoms with van der Waals surface area (Å²) in [5.41, 5.74) is 2.10. The molecule has 178 valence electrons. The Morgan fingerprint density at radius 2 is 1.54 bits per heavy atom. The lowest BCUT2D eigenvalue weighted by Gasteiger charge is -2.40. The molecule has 8 heteroatoms. The molecule has 0 unspecified atom stereocenters. The van der Waals surface area contributed by atoms with E-state index in [0.717, 1.165) is 21.9 Å². The zero-order valence-corrected chi connectivity index (χ0v) is 19.8. The Hall–Kier alpha value is -3.46. The summed E-state index contributed by atoms with van der Waals surface area (Å²) in [5.74, 6) is 0.220. The Labute approximate surface area is 204 Å². The number of benzene rings is 3. The summed E-state index contributed by atoms with van der Waals surface area (Å²) in [4.78, 5) is 17.1. The third-order valence-corrected chi connectivity index (χ3v) is 8.46. The first-order valence-electron chi connectivity index (χ1n) is 11.7. The normalized spacial score (nSPS) is 20.4. The Kier molecular flexibility index (Phi) is 5.44. The van der Waals surface area contributed by atoms with Gasteiger partial charge in [0.25, 0.3) is 5.91 Å². The number of furan rings is 1. The third kappa shape index (κ3) is 3.83. The van der Waals surface area contributed by atoms with Gasteiger partial charge in [0.1, 0.15) is 0 Å². The fraction of sp³-hybridized carbons (Fsp3) is 0.222. The molecule has 6 rings (SSSR count). The summed E-state index contributed by atoms with van der Waals surface area (Å²) in [6, 6.07) is 23.5. The maximum Gasteiger partial charge on any atom is 0.289 e. The molecular formula is C27H25N3O4S. The van der Waals surface area contributed by atoms with Gasteiger partial charge in [0.15, 0.2) is 5.76 Å². The molecule has 7 nitrogen and oxygen atoms in total. The molecule has 35 heavy (non-hydrogen) atoms. The average Bonchev–Trinajstić information content (AvgIpc) is 3.53. The van der Waals surface area contributed by atoms with Gasteiger partial charge in [0.2, 0.25) is 10.0 Å². The van der Waals surface area contributed by atoms with Crippen LogP contribution in [0.5, 0.6) is 0 Å². The van der Waals surface area contributed by atoms with Crippen LogP contribution < -0.4 is 4.72 Å². The van der Waals surface area contributed by atoms with Crippen LogP contribution in [-0.2, 0) is 10.0 Å². The molecule has 2 aliphatic rings. The average molecular weight is 488 g/mol. The SMILES string of the molecule is O=C(c1ccco1)N1CCN([C@@H]2c3cccc4cccc(c34)[C@H]2NS(=O)(=O)c2ccccc2)CC1. The minimum absolute atomic E-state index is 0.118. The molecule has 2 atom stereocenters. The summed E-state index contributed by atoms with van der Waals surface area (Å²) in [6.07, 6.45) is 1.50. The van der Waals surface area contributed by atoms with E-state index in [-0.39, 0.29) is 16.8 Å². The molecule has 1 fully saturated rings. The van der Waals surface area contributed by atoms with Gasteiger partial charge in [0.05, 0.1) is 23.2 Å². The van der Waals surface area contributed by atoms with Crippen molar-refractivity contribution in [2.75, 3.05) is 26.2 Å². The fourth-order valence-electron chi connectivity index (χ4n) is 5.38. The number of carbonyl (C=O) groups is 1. The van der Waals surface area contributed by atoms with Gasteiger partial charge in [0, 0.05) is 26.2 Å². The van der Waals surface area contributed by atoms with E-state index in [2.05, 4.69) is 27.8 Å². The van der Waals surface area contributed by atoms with Crippen LogP contribution in [0.4, 0.5) is 0 Å². The van der Waals surface area contributed by atoms with Crippen molar-refractivity contribution in [3.63, 3.8) is 0 Å². The second-order valence-corrected chi connectivity index (χ2v) is 10.7. The molecule has 1 saturated heterocycles. The molecule has 2 heterocycles. The second-order valence-electron chi connectivity index (χ2n) is 8.95. The molecular weight excluding hydrogens is 462 g/mol. The zero-order valence-electron chi connectivity index (χ0n) is 19.0. The number of hydrogen-bond donors (Lipinski definition) is 1. The summed E-state index contributed by atoms with van der Waals surface area (Å²) in [7, 11) is -3.74. The first-order valence-corrected chi connectivity index (χ1v) is 13.2. The standard InChI is InChI=1S/C27H25N3O4S/c31-27(23-13-6-18-34-23)30-16-14-29(15-17-30)26-22-12-5-8-19-7-4-11-21(24(19)22)25(26)28-35(32,33)20-9-2-1-3-10-20/h1-13,18,25-26,28H,14-17H2/t25-,26-/m1/s1. The highest BCUT2D eigenvalue weighted by atomic mass is 32.2. The Morgan fingerprint density at radius 1 is 0.829 bits per heavy atom. The van der Waals surface area contributed by atoms with Gasteiger partial charge >= 0.3 is 0 Å². The van der Waals surface area contributed by atoms with Crippen molar-refractivity contribution in [3.8, 4) is 0 Å². The number of rotatable bonds is 5. The molecule has 0 bridgehead atoms. The zero-order chi connectivity index (χ0) is 24.0. The van der Waals surface area contributed by atoms with Crippen molar-refractivity contribution in [3.05, 3.63) is 102 Å². The number of carbonyl (C=O) groups excluding carboxylic acids is 1. The van der Waals surface area contributed by atoms with Crippen molar-refractivity contribution in [2.24, 2.45) is 0 Å².